The Balaban J connectivity index is 1.76. The average molecular weight is 369 g/mol. The van der Waals surface area contributed by atoms with Crippen LogP contribution in [0.4, 0.5) is 11.4 Å². The van der Waals surface area contributed by atoms with E-state index in [0.717, 1.165) is 17.0 Å². The fourth-order valence-corrected chi connectivity index (χ4v) is 2.72. The highest BCUT2D eigenvalue weighted by Crippen LogP contribution is 2.27. The van der Waals surface area contributed by atoms with Crippen molar-refractivity contribution in [3.8, 4) is 5.75 Å². The summed E-state index contributed by atoms with van der Waals surface area (Å²) in [6, 6.07) is 10.2. The van der Waals surface area contributed by atoms with E-state index in [1.165, 1.54) is 6.07 Å². The molecule has 9 heteroatoms. The van der Waals surface area contributed by atoms with Crippen molar-refractivity contribution in [3.05, 3.63) is 63.7 Å². The fraction of sp³-hybridized carbons (Fsp3) is 0.167. The molecule has 0 saturated carbocycles. The minimum atomic E-state index is -0.744. The summed E-state index contributed by atoms with van der Waals surface area (Å²) in [6.07, 6.45) is 0. The van der Waals surface area contributed by atoms with Gasteiger partial charge in [0.05, 0.1) is 28.3 Å². The maximum Gasteiger partial charge on any atom is 0.270 e. The van der Waals surface area contributed by atoms with E-state index in [1.807, 2.05) is 0 Å². The smallest absolute Gasteiger partial charge is 0.270 e. The van der Waals surface area contributed by atoms with Gasteiger partial charge in [-0.05, 0) is 25.1 Å². The van der Waals surface area contributed by atoms with E-state index in [4.69, 9.17) is 4.74 Å². The van der Waals surface area contributed by atoms with E-state index in [2.05, 4.69) is 5.32 Å². The Morgan fingerprint density at radius 2 is 1.85 bits per heavy atom. The van der Waals surface area contributed by atoms with Crippen LogP contribution in [0.15, 0.2) is 42.5 Å². The second kappa shape index (κ2) is 7.24. The Labute approximate surface area is 153 Å². The highest BCUT2D eigenvalue weighted by molar-refractivity contribution is 6.23. The summed E-state index contributed by atoms with van der Waals surface area (Å²) < 4.78 is 5.41. The van der Waals surface area contributed by atoms with Crippen LogP contribution in [0.3, 0.4) is 0 Å². The third-order valence-electron chi connectivity index (χ3n) is 3.93. The summed E-state index contributed by atoms with van der Waals surface area (Å²) >= 11 is 0. The number of fused-ring (bicyclic) bond motifs is 1. The molecule has 0 fully saturated rings. The molecule has 1 heterocycles. The van der Waals surface area contributed by atoms with E-state index in [-0.39, 0.29) is 16.8 Å². The second-order valence-electron chi connectivity index (χ2n) is 5.66. The van der Waals surface area contributed by atoms with Crippen LogP contribution < -0.4 is 10.1 Å². The molecule has 2 aromatic carbocycles. The monoisotopic (exact) mass is 369 g/mol. The number of anilines is 1. The number of non-ortho nitro benzene ring substituents is 1. The quantitative estimate of drug-likeness (QED) is 0.474. The Kier molecular flexibility index (Phi) is 4.84. The second-order valence-corrected chi connectivity index (χ2v) is 5.66. The number of amides is 3. The molecule has 0 spiro atoms. The molecule has 0 unspecified atom stereocenters. The van der Waals surface area contributed by atoms with Gasteiger partial charge < -0.3 is 10.1 Å². The molecule has 2 aromatic rings. The number of ether oxygens (including phenoxy) is 1. The van der Waals surface area contributed by atoms with E-state index >= 15 is 0 Å². The Bertz CT molecular complexity index is 956. The van der Waals surface area contributed by atoms with Crippen molar-refractivity contribution in [1.29, 1.82) is 0 Å². The van der Waals surface area contributed by atoms with Gasteiger partial charge in [0.15, 0.2) is 0 Å². The van der Waals surface area contributed by atoms with Crippen LogP contribution in [-0.4, -0.2) is 40.7 Å². The molecular formula is C18H15N3O6. The molecule has 0 aromatic heterocycles. The standard InChI is InChI=1S/C18H15N3O6/c1-2-27-15-6-4-3-5-14(15)19-16(22)10-20-17(23)12-8-7-11(21(25)26)9-13(12)18(20)24/h3-9H,2,10H2,1H3,(H,19,22). The fourth-order valence-electron chi connectivity index (χ4n) is 2.72. The summed E-state index contributed by atoms with van der Waals surface area (Å²) in [5.41, 5.74) is 0.0632. The highest BCUT2D eigenvalue weighted by atomic mass is 16.6. The van der Waals surface area contributed by atoms with Gasteiger partial charge >= 0.3 is 0 Å². The zero-order valence-electron chi connectivity index (χ0n) is 14.3. The third-order valence-corrected chi connectivity index (χ3v) is 3.93. The van der Waals surface area contributed by atoms with Crippen LogP contribution in [0.5, 0.6) is 5.75 Å². The van der Waals surface area contributed by atoms with Gasteiger partial charge in [-0.15, -0.1) is 0 Å². The molecule has 0 saturated heterocycles. The van der Waals surface area contributed by atoms with Crippen LogP contribution in [-0.2, 0) is 4.79 Å². The number of nitrogens with one attached hydrogen (secondary N) is 1. The van der Waals surface area contributed by atoms with Crippen LogP contribution in [0.25, 0.3) is 0 Å². The van der Waals surface area contributed by atoms with Gasteiger partial charge in [-0.3, -0.25) is 29.4 Å². The average Bonchev–Trinajstić information content (AvgIpc) is 2.88. The number of nitro benzene ring substituents is 1. The summed E-state index contributed by atoms with van der Waals surface area (Å²) in [6.45, 7) is 1.70. The van der Waals surface area contributed by atoms with Gasteiger partial charge in [-0.25, -0.2) is 0 Å². The number of carbonyl (C=O) groups excluding carboxylic acids is 3. The summed E-state index contributed by atoms with van der Waals surface area (Å²) in [5, 5.41) is 13.5. The zero-order chi connectivity index (χ0) is 19.6. The normalized spacial score (nSPS) is 12.7. The predicted molar refractivity (Wildman–Crippen MR) is 94.7 cm³/mol. The van der Waals surface area contributed by atoms with Crippen molar-refractivity contribution < 1.29 is 24.0 Å². The molecule has 1 N–H and O–H groups in total. The van der Waals surface area contributed by atoms with Crippen LogP contribution >= 0.6 is 0 Å². The van der Waals surface area contributed by atoms with Gasteiger partial charge in [0, 0.05) is 12.1 Å². The lowest BCUT2D eigenvalue weighted by molar-refractivity contribution is -0.384. The number of rotatable bonds is 6. The molecule has 0 aliphatic carbocycles. The first-order chi connectivity index (χ1) is 12.9. The van der Waals surface area contributed by atoms with E-state index in [0.29, 0.717) is 18.0 Å². The number of benzene rings is 2. The largest absolute Gasteiger partial charge is 0.492 e. The maximum absolute atomic E-state index is 12.4. The molecule has 1 aliphatic rings. The molecule has 0 atom stereocenters. The minimum Gasteiger partial charge on any atom is -0.492 e. The first-order valence-corrected chi connectivity index (χ1v) is 8.08. The lowest BCUT2D eigenvalue weighted by atomic mass is 10.1. The van der Waals surface area contributed by atoms with Crippen molar-refractivity contribution in [2.24, 2.45) is 0 Å². The van der Waals surface area contributed by atoms with Crippen molar-refractivity contribution in [1.82, 2.24) is 4.90 Å². The number of para-hydroxylation sites is 2. The number of hydrogen-bond donors (Lipinski definition) is 1. The molecule has 3 amide bonds. The molecule has 0 bridgehead atoms. The topological polar surface area (TPSA) is 119 Å². The van der Waals surface area contributed by atoms with Gasteiger partial charge in [-0.2, -0.15) is 0 Å². The first kappa shape index (κ1) is 18.1. The predicted octanol–water partition coefficient (Wildman–Crippen LogP) is 2.23. The molecular weight excluding hydrogens is 354 g/mol. The summed E-state index contributed by atoms with van der Waals surface area (Å²) in [4.78, 5) is 48.1. The van der Waals surface area contributed by atoms with Gasteiger partial charge in [0.2, 0.25) is 5.91 Å². The zero-order valence-corrected chi connectivity index (χ0v) is 14.3. The number of carbonyl (C=O) groups is 3. The first-order valence-electron chi connectivity index (χ1n) is 8.08. The maximum atomic E-state index is 12.4. The third kappa shape index (κ3) is 3.47. The van der Waals surface area contributed by atoms with Gasteiger partial charge in [-0.1, -0.05) is 12.1 Å². The SMILES string of the molecule is CCOc1ccccc1NC(=O)CN1C(=O)c2ccc([N+](=O)[O-])cc2C1=O. The number of imide groups is 1. The van der Waals surface area contributed by atoms with Crippen molar-refractivity contribution in [2.45, 2.75) is 6.92 Å². The van der Waals surface area contributed by atoms with Crippen molar-refractivity contribution in [3.63, 3.8) is 0 Å². The van der Waals surface area contributed by atoms with Gasteiger partial charge in [0.1, 0.15) is 12.3 Å². The van der Waals surface area contributed by atoms with Crippen molar-refractivity contribution >= 4 is 29.1 Å². The Hall–Kier alpha value is -3.75. The molecule has 0 radical (unpaired) electrons. The summed E-state index contributed by atoms with van der Waals surface area (Å²) in [5.74, 6) is -1.54. The minimum absolute atomic E-state index is 0.0353. The van der Waals surface area contributed by atoms with E-state index in [9.17, 15) is 24.5 Å². The Morgan fingerprint density at radius 1 is 1.15 bits per heavy atom. The molecule has 1 aliphatic heterocycles. The van der Waals surface area contributed by atoms with E-state index < -0.39 is 29.2 Å². The number of nitro groups is 1. The van der Waals surface area contributed by atoms with Gasteiger partial charge in [0.25, 0.3) is 17.5 Å². The highest BCUT2D eigenvalue weighted by Gasteiger charge is 2.37. The number of nitrogens with zero attached hydrogens (tertiary/aromatic N) is 2. The molecule has 138 valence electrons. The van der Waals surface area contributed by atoms with E-state index in [1.54, 1.807) is 31.2 Å². The molecule has 3 rings (SSSR count). The summed E-state index contributed by atoms with van der Waals surface area (Å²) in [7, 11) is 0. The van der Waals surface area contributed by atoms with Crippen LogP contribution in [0, 0.1) is 10.1 Å². The van der Waals surface area contributed by atoms with Crippen LogP contribution in [0.2, 0.25) is 0 Å². The molecule has 9 nitrogen and oxygen atoms in total. The lowest BCUT2D eigenvalue weighted by Gasteiger charge is -2.15. The van der Waals surface area contributed by atoms with Crippen LogP contribution in [0.1, 0.15) is 27.6 Å². The Morgan fingerprint density at radius 3 is 2.56 bits per heavy atom. The molecule has 27 heavy (non-hydrogen) atoms. The van der Waals surface area contributed by atoms with Crippen molar-refractivity contribution in [2.75, 3.05) is 18.5 Å². The lowest BCUT2D eigenvalue weighted by Crippen LogP contribution is -2.37. The number of hydrogen-bond acceptors (Lipinski definition) is 6.